The Morgan fingerprint density at radius 1 is 0.882 bits per heavy atom. The minimum atomic E-state index is -0.0564. The van der Waals surface area contributed by atoms with Gasteiger partial charge in [-0.1, -0.05) is 94.7 Å². The van der Waals surface area contributed by atoms with Gasteiger partial charge < -0.3 is 14.4 Å². The molecule has 0 amide bonds. The van der Waals surface area contributed by atoms with Crippen molar-refractivity contribution in [1.82, 2.24) is 0 Å². The van der Waals surface area contributed by atoms with E-state index in [2.05, 4.69) is 112 Å². The molecule has 0 aliphatic heterocycles. The molecule has 190 valence electrons. The minimum absolute atomic E-state index is 0.0451. The largest absolute Gasteiger partial charge is 0.467 e. The summed E-state index contributed by atoms with van der Waals surface area (Å²) in [5, 5.41) is 1.35. The van der Waals surface area contributed by atoms with Gasteiger partial charge in [-0.15, -0.1) is 0 Å². The third-order valence-corrected chi connectivity index (χ3v) is 8.24. The molecule has 0 fully saturated rings. The van der Waals surface area contributed by atoms with Crippen LogP contribution in [0.25, 0.3) is 0 Å². The number of hydrogen-bond donors (Lipinski definition) is 0. The van der Waals surface area contributed by atoms with E-state index in [-0.39, 0.29) is 22.8 Å². The lowest BCUT2D eigenvalue weighted by molar-refractivity contribution is 0.0486. The van der Waals surface area contributed by atoms with Crippen molar-refractivity contribution in [2.45, 2.75) is 91.1 Å². The highest BCUT2D eigenvalue weighted by atomic mass is 31.1. The first kappa shape index (κ1) is 28.7. The van der Waals surface area contributed by atoms with Gasteiger partial charge in [-0.25, -0.2) is 0 Å². The summed E-state index contributed by atoms with van der Waals surface area (Å²) in [5.41, 5.74) is 6.54. The molecule has 0 radical (unpaired) electrons. The van der Waals surface area contributed by atoms with E-state index in [0.29, 0.717) is 8.58 Å². The van der Waals surface area contributed by atoms with Crippen LogP contribution >= 0.6 is 8.58 Å². The monoisotopic (exact) mass is 485 g/mol. The standard InChI is InChI=1S/C30H48NO2P/c1-13-16-30(9,34-26-15-14-21(2)17-25(26)31(10)11)24-19-22(28(3,4)5)18-23(29(6,7)8)27(24)33-20-32-12/h14-15,17-19,34H,13,16,20H2,1-12H3. The van der Waals surface area contributed by atoms with Gasteiger partial charge in [0, 0.05) is 43.2 Å². The maximum Gasteiger partial charge on any atom is 0.188 e. The number of ether oxygens (including phenoxy) is 2. The van der Waals surface area contributed by atoms with Crippen LogP contribution in [0.4, 0.5) is 5.69 Å². The predicted molar refractivity (Wildman–Crippen MR) is 152 cm³/mol. The molecular weight excluding hydrogens is 437 g/mol. The average Bonchev–Trinajstić information content (AvgIpc) is 2.71. The first-order valence-corrected chi connectivity index (χ1v) is 13.5. The summed E-state index contributed by atoms with van der Waals surface area (Å²) < 4.78 is 11.8. The third kappa shape index (κ3) is 6.76. The zero-order valence-corrected chi connectivity index (χ0v) is 24.8. The molecule has 0 aromatic heterocycles. The molecule has 0 spiro atoms. The van der Waals surface area contributed by atoms with Crippen molar-refractivity contribution in [1.29, 1.82) is 0 Å². The van der Waals surface area contributed by atoms with E-state index in [1.54, 1.807) is 7.11 Å². The van der Waals surface area contributed by atoms with E-state index >= 15 is 0 Å². The summed E-state index contributed by atoms with van der Waals surface area (Å²) in [4.78, 5) is 2.25. The first-order valence-electron chi connectivity index (χ1n) is 12.5. The third-order valence-electron chi connectivity index (χ3n) is 6.47. The second-order valence-electron chi connectivity index (χ2n) is 12.1. The van der Waals surface area contributed by atoms with Crippen LogP contribution in [-0.2, 0) is 20.7 Å². The van der Waals surface area contributed by atoms with Gasteiger partial charge in [-0.05, 0) is 46.7 Å². The molecule has 0 heterocycles. The van der Waals surface area contributed by atoms with Gasteiger partial charge >= 0.3 is 0 Å². The van der Waals surface area contributed by atoms with Gasteiger partial charge in [0.25, 0.3) is 0 Å². The number of hydrogen-bond acceptors (Lipinski definition) is 3. The smallest absolute Gasteiger partial charge is 0.188 e. The fourth-order valence-corrected chi connectivity index (χ4v) is 6.36. The summed E-state index contributed by atoms with van der Waals surface area (Å²) in [7, 11) is 6.60. The molecule has 0 bridgehead atoms. The number of aryl methyl sites for hydroxylation is 1. The number of anilines is 1. The molecule has 4 heteroatoms. The number of rotatable bonds is 9. The second-order valence-corrected chi connectivity index (χ2v) is 14.0. The van der Waals surface area contributed by atoms with Gasteiger partial charge in [0.05, 0.1) is 0 Å². The fourth-order valence-electron chi connectivity index (χ4n) is 4.48. The number of nitrogens with zero attached hydrogens (tertiary/aromatic N) is 1. The second kappa shape index (κ2) is 11.0. The van der Waals surface area contributed by atoms with Crippen molar-refractivity contribution < 1.29 is 9.47 Å². The molecular formula is C30H48NO2P. The lowest BCUT2D eigenvalue weighted by atomic mass is 9.77. The minimum Gasteiger partial charge on any atom is -0.467 e. The summed E-state index contributed by atoms with van der Waals surface area (Å²) in [6, 6.07) is 11.7. The van der Waals surface area contributed by atoms with Crippen LogP contribution < -0.4 is 14.9 Å². The Morgan fingerprint density at radius 2 is 1.50 bits per heavy atom. The number of benzene rings is 2. The molecule has 34 heavy (non-hydrogen) atoms. The van der Waals surface area contributed by atoms with Crippen molar-refractivity contribution >= 4 is 19.6 Å². The average molecular weight is 486 g/mol. The topological polar surface area (TPSA) is 21.7 Å². The van der Waals surface area contributed by atoms with Crippen molar-refractivity contribution in [2.24, 2.45) is 0 Å². The van der Waals surface area contributed by atoms with Crippen molar-refractivity contribution in [3.05, 3.63) is 52.6 Å². The molecule has 0 saturated heterocycles. The molecule has 3 nitrogen and oxygen atoms in total. The van der Waals surface area contributed by atoms with Crippen molar-refractivity contribution in [3.8, 4) is 5.75 Å². The van der Waals surface area contributed by atoms with Gasteiger partial charge in [0.1, 0.15) is 5.75 Å². The van der Waals surface area contributed by atoms with Gasteiger partial charge in [-0.3, -0.25) is 0 Å². The Labute approximate surface area is 211 Å². The molecule has 0 saturated carbocycles. The number of methoxy groups -OCH3 is 1. The van der Waals surface area contributed by atoms with E-state index in [0.717, 1.165) is 18.6 Å². The van der Waals surface area contributed by atoms with E-state index in [4.69, 9.17) is 9.47 Å². The van der Waals surface area contributed by atoms with E-state index in [1.165, 1.54) is 33.2 Å². The van der Waals surface area contributed by atoms with Crippen LogP contribution in [0.5, 0.6) is 5.75 Å². The van der Waals surface area contributed by atoms with Crippen LogP contribution in [-0.4, -0.2) is 28.0 Å². The van der Waals surface area contributed by atoms with E-state index in [9.17, 15) is 0 Å². The van der Waals surface area contributed by atoms with Gasteiger partial charge in [0.2, 0.25) is 0 Å². The highest BCUT2D eigenvalue weighted by molar-refractivity contribution is 7.49. The maximum absolute atomic E-state index is 6.41. The molecule has 0 N–H and O–H groups in total. The van der Waals surface area contributed by atoms with E-state index in [1.807, 2.05) is 0 Å². The molecule has 2 aromatic rings. The zero-order chi connectivity index (χ0) is 25.9. The van der Waals surface area contributed by atoms with Crippen LogP contribution in [0.2, 0.25) is 0 Å². The molecule has 2 unspecified atom stereocenters. The lowest BCUT2D eigenvalue weighted by Gasteiger charge is -2.37. The Hall–Kier alpha value is -1.57. The molecule has 2 rings (SSSR count). The summed E-state index contributed by atoms with van der Waals surface area (Å²) >= 11 is 0. The highest BCUT2D eigenvalue weighted by Gasteiger charge is 2.35. The maximum atomic E-state index is 6.41. The Kier molecular flexibility index (Phi) is 9.28. The fraction of sp³-hybridized carbons (Fsp3) is 0.600. The SMILES string of the molecule is CCCC(C)(Pc1ccc(C)cc1N(C)C)c1cc(C(C)(C)C)cc(C(C)(C)C)c1OCOC. The molecule has 2 aromatic carbocycles. The summed E-state index contributed by atoms with van der Waals surface area (Å²) in [5.74, 6) is 1.00. The predicted octanol–water partition coefficient (Wildman–Crippen LogP) is 7.66. The van der Waals surface area contributed by atoms with Crippen LogP contribution in [0.1, 0.15) is 90.5 Å². The lowest BCUT2D eigenvalue weighted by Crippen LogP contribution is -2.27. The van der Waals surface area contributed by atoms with Crippen LogP contribution in [0.15, 0.2) is 30.3 Å². The Bertz CT molecular complexity index is 969. The van der Waals surface area contributed by atoms with Crippen molar-refractivity contribution in [2.75, 3.05) is 32.9 Å². The summed E-state index contributed by atoms with van der Waals surface area (Å²) in [6.45, 7) is 20.9. The van der Waals surface area contributed by atoms with Gasteiger partial charge in [-0.2, -0.15) is 0 Å². The van der Waals surface area contributed by atoms with Gasteiger partial charge in [0.15, 0.2) is 6.79 Å². The van der Waals surface area contributed by atoms with E-state index < -0.39 is 0 Å². The summed E-state index contributed by atoms with van der Waals surface area (Å²) in [6.07, 6.45) is 2.20. The quantitative estimate of drug-likeness (QED) is 0.269. The Morgan fingerprint density at radius 3 is 2.00 bits per heavy atom. The highest BCUT2D eigenvalue weighted by Crippen LogP contribution is 2.52. The molecule has 0 aliphatic rings. The van der Waals surface area contributed by atoms with Crippen molar-refractivity contribution in [3.63, 3.8) is 0 Å². The normalized spacial score (nSPS) is 14.5. The van der Waals surface area contributed by atoms with Crippen LogP contribution in [0, 0.1) is 6.92 Å². The van der Waals surface area contributed by atoms with Crippen LogP contribution in [0.3, 0.4) is 0 Å². The zero-order valence-electron chi connectivity index (χ0n) is 23.8. The Balaban J connectivity index is 2.85. The first-order chi connectivity index (χ1) is 15.6. The molecule has 0 aliphatic carbocycles. The molecule has 2 atom stereocenters.